The number of anilines is 1. The molecule has 0 radical (unpaired) electrons. The standard InChI is InChI=1S/C15H17ClN2O/c16-13-3-5-14(6-4-13)17-15(19)18-9-7-12(8-10-18)11-1-2-11/h3-6H,1-2,7-10H2,(H,17,19). The minimum absolute atomic E-state index is 0.0119. The molecule has 1 saturated carbocycles. The van der Waals surface area contributed by atoms with Crippen LogP contribution in [0.3, 0.4) is 0 Å². The van der Waals surface area contributed by atoms with Gasteiger partial charge in [0.15, 0.2) is 0 Å². The number of piperidine rings is 1. The molecule has 0 atom stereocenters. The molecule has 2 aliphatic rings. The Kier molecular flexibility index (Phi) is 3.47. The van der Waals surface area contributed by atoms with Gasteiger partial charge in [0.2, 0.25) is 0 Å². The number of halogens is 1. The number of hydrogen-bond donors (Lipinski definition) is 1. The van der Waals surface area contributed by atoms with Crippen molar-refractivity contribution in [3.8, 4) is 0 Å². The zero-order valence-corrected chi connectivity index (χ0v) is 11.5. The summed E-state index contributed by atoms with van der Waals surface area (Å²) in [7, 11) is 0. The van der Waals surface area contributed by atoms with Crippen LogP contribution in [0.15, 0.2) is 35.4 Å². The van der Waals surface area contributed by atoms with Crippen molar-refractivity contribution in [2.75, 3.05) is 18.4 Å². The highest BCUT2D eigenvalue weighted by molar-refractivity contribution is 6.30. The van der Waals surface area contributed by atoms with E-state index < -0.39 is 0 Å². The number of urea groups is 1. The maximum absolute atomic E-state index is 12.1. The van der Waals surface area contributed by atoms with Crippen molar-refractivity contribution in [1.82, 2.24) is 4.90 Å². The Morgan fingerprint density at radius 3 is 2.16 bits per heavy atom. The van der Waals surface area contributed by atoms with Gasteiger partial charge in [-0.3, -0.25) is 0 Å². The van der Waals surface area contributed by atoms with E-state index in [-0.39, 0.29) is 6.03 Å². The number of carbonyl (C=O) groups excluding carboxylic acids is 1. The average molecular weight is 277 g/mol. The molecule has 2 amide bonds. The number of nitrogens with one attached hydrogen (secondary N) is 1. The van der Waals surface area contributed by atoms with Gasteiger partial charge in [-0.25, -0.2) is 4.79 Å². The molecular formula is C15H17ClN2O. The fourth-order valence-electron chi connectivity index (χ4n) is 2.49. The Labute approximate surface area is 118 Å². The zero-order chi connectivity index (χ0) is 13.2. The third kappa shape index (κ3) is 3.10. The third-order valence-corrected chi connectivity index (χ3v) is 4.00. The predicted octanol–water partition coefficient (Wildman–Crippen LogP) is 4.06. The number of benzene rings is 1. The minimum Gasteiger partial charge on any atom is -0.324 e. The number of likely N-dealkylation sites (tertiary alicyclic amines) is 1. The second kappa shape index (κ2) is 5.25. The lowest BCUT2D eigenvalue weighted by molar-refractivity contribution is 0.207. The lowest BCUT2D eigenvalue weighted by atomic mass is 10.0. The van der Waals surface area contributed by atoms with Crippen molar-refractivity contribution < 1.29 is 4.79 Å². The molecular weight excluding hydrogens is 260 g/mol. The lowest BCUT2D eigenvalue weighted by Gasteiger charge is -2.28. The second-order valence-corrected chi connectivity index (χ2v) is 5.57. The van der Waals surface area contributed by atoms with E-state index in [2.05, 4.69) is 5.32 Å². The molecule has 4 heteroatoms. The molecule has 1 aromatic carbocycles. The smallest absolute Gasteiger partial charge is 0.321 e. The maximum atomic E-state index is 12.1. The third-order valence-electron chi connectivity index (χ3n) is 3.75. The number of hydrogen-bond acceptors (Lipinski definition) is 1. The summed E-state index contributed by atoms with van der Waals surface area (Å²) < 4.78 is 0. The van der Waals surface area contributed by atoms with Gasteiger partial charge in [-0.05, 0) is 49.9 Å². The summed E-state index contributed by atoms with van der Waals surface area (Å²) in [6, 6.07) is 7.19. The summed E-state index contributed by atoms with van der Waals surface area (Å²) in [6.45, 7) is 1.66. The van der Waals surface area contributed by atoms with E-state index in [1.807, 2.05) is 17.0 Å². The Morgan fingerprint density at radius 1 is 1.00 bits per heavy atom. The van der Waals surface area contributed by atoms with Gasteiger partial charge in [0.05, 0.1) is 0 Å². The van der Waals surface area contributed by atoms with Crippen LogP contribution in [0.1, 0.15) is 25.7 Å². The largest absolute Gasteiger partial charge is 0.324 e. The molecule has 0 aromatic heterocycles. The number of amides is 2. The van der Waals surface area contributed by atoms with Crippen LogP contribution >= 0.6 is 11.6 Å². The van der Waals surface area contributed by atoms with E-state index in [9.17, 15) is 4.79 Å². The zero-order valence-electron chi connectivity index (χ0n) is 10.8. The normalized spacial score (nSPS) is 18.5. The number of carbonyl (C=O) groups is 1. The molecule has 1 saturated heterocycles. The molecule has 1 N–H and O–H groups in total. The van der Waals surface area contributed by atoms with Gasteiger partial charge in [0.25, 0.3) is 0 Å². The predicted molar refractivity (Wildman–Crippen MR) is 77.5 cm³/mol. The topological polar surface area (TPSA) is 32.3 Å². The van der Waals surface area contributed by atoms with Gasteiger partial charge < -0.3 is 10.2 Å². The van der Waals surface area contributed by atoms with Crippen LogP contribution in [0.25, 0.3) is 0 Å². The molecule has 0 bridgehead atoms. The average Bonchev–Trinajstić information content (AvgIpc) is 3.26. The molecule has 0 spiro atoms. The van der Waals surface area contributed by atoms with Gasteiger partial charge in [0, 0.05) is 23.8 Å². The van der Waals surface area contributed by atoms with Crippen LogP contribution in [0.4, 0.5) is 10.5 Å². The van der Waals surface area contributed by atoms with Crippen LogP contribution in [-0.4, -0.2) is 24.0 Å². The lowest BCUT2D eigenvalue weighted by Crippen LogP contribution is -2.39. The van der Waals surface area contributed by atoms with Crippen molar-refractivity contribution in [1.29, 1.82) is 0 Å². The monoisotopic (exact) mass is 276 g/mol. The van der Waals surface area contributed by atoms with Crippen molar-refractivity contribution in [3.63, 3.8) is 0 Å². The van der Waals surface area contributed by atoms with Gasteiger partial charge in [0.1, 0.15) is 0 Å². The van der Waals surface area contributed by atoms with E-state index in [0.717, 1.165) is 31.6 Å². The maximum Gasteiger partial charge on any atom is 0.321 e. The SMILES string of the molecule is O=C(Nc1ccc(Cl)cc1)N1CCC(=C2CC2)CC1. The molecule has 1 aromatic rings. The fraction of sp³-hybridized carbons (Fsp3) is 0.400. The first-order valence-corrected chi connectivity index (χ1v) is 7.11. The highest BCUT2D eigenvalue weighted by Gasteiger charge is 2.24. The molecule has 1 aliphatic carbocycles. The van der Waals surface area contributed by atoms with Crippen LogP contribution in [0.2, 0.25) is 5.02 Å². The Balaban J connectivity index is 1.56. The highest BCUT2D eigenvalue weighted by Crippen LogP contribution is 2.36. The van der Waals surface area contributed by atoms with E-state index in [0.29, 0.717) is 5.02 Å². The van der Waals surface area contributed by atoms with E-state index in [4.69, 9.17) is 11.6 Å². The van der Waals surface area contributed by atoms with Crippen molar-refractivity contribution >= 4 is 23.3 Å². The van der Waals surface area contributed by atoms with Crippen molar-refractivity contribution in [3.05, 3.63) is 40.4 Å². The van der Waals surface area contributed by atoms with Gasteiger partial charge in [-0.1, -0.05) is 22.7 Å². The molecule has 3 nitrogen and oxygen atoms in total. The second-order valence-electron chi connectivity index (χ2n) is 5.13. The Hall–Kier alpha value is -1.48. The summed E-state index contributed by atoms with van der Waals surface area (Å²) in [5.74, 6) is 0. The van der Waals surface area contributed by atoms with Gasteiger partial charge >= 0.3 is 6.03 Å². The summed E-state index contributed by atoms with van der Waals surface area (Å²) in [4.78, 5) is 14.0. The first-order chi connectivity index (χ1) is 9.22. The number of rotatable bonds is 1. The molecule has 1 aliphatic heterocycles. The fourth-order valence-corrected chi connectivity index (χ4v) is 2.61. The van der Waals surface area contributed by atoms with E-state index >= 15 is 0 Å². The van der Waals surface area contributed by atoms with Crippen molar-refractivity contribution in [2.45, 2.75) is 25.7 Å². The quantitative estimate of drug-likeness (QED) is 0.771. The first-order valence-electron chi connectivity index (χ1n) is 6.73. The number of allylic oxidation sites excluding steroid dienone is 1. The van der Waals surface area contributed by atoms with Crippen LogP contribution in [-0.2, 0) is 0 Å². The molecule has 2 fully saturated rings. The molecule has 19 heavy (non-hydrogen) atoms. The Morgan fingerprint density at radius 2 is 1.58 bits per heavy atom. The Bertz CT molecular complexity index is 505. The first kappa shape index (κ1) is 12.5. The summed E-state index contributed by atoms with van der Waals surface area (Å²) in [6.07, 6.45) is 4.66. The van der Waals surface area contributed by atoms with Crippen LogP contribution in [0, 0.1) is 0 Å². The summed E-state index contributed by atoms with van der Waals surface area (Å²) in [5, 5.41) is 3.59. The van der Waals surface area contributed by atoms with Crippen LogP contribution < -0.4 is 5.32 Å². The molecule has 100 valence electrons. The van der Waals surface area contributed by atoms with E-state index in [1.54, 1.807) is 23.3 Å². The molecule has 1 heterocycles. The number of nitrogens with zero attached hydrogens (tertiary/aromatic N) is 1. The van der Waals surface area contributed by atoms with E-state index in [1.165, 1.54) is 12.8 Å². The summed E-state index contributed by atoms with van der Waals surface area (Å²) in [5.41, 5.74) is 4.02. The van der Waals surface area contributed by atoms with Gasteiger partial charge in [-0.15, -0.1) is 0 Å². The molecule has 3 rings (SSSR count). The molecule has 0 unspecified atom stereocenters. The van der Waals surface area contributed by atoms with Crippen LogP contribution in [0.5, 0.6) is 0 Å². The minimum atomic E-state index is -0.0119. The highest BCUT2D eigenvalue weighted by atomic mass is 35.5. The van der Waals surface area contributed by atoms with Crippen molar-refractivity contribution in [2.24, 2.45) is 0 Å². The van der Waals surface area contributed by atoms with Gasteiger partial charge in [-0.2, -0.15) is 0 Å². The summed E-state index contributed by atoms with van der Waals surface area (Å²) >= 11 is 5.82.